The van der Waals surface area contributed by atoms with Gasteiger partial charge in [-0.1, -0.05) is 103 Å². The molecule has 0 aliphatic carbocycles. The van der Waals surface area contributed by atoms with Gasteiger partial charge in [0.1, 0.15) is 11.4 Å². The van der Waals surface area contributed by atoms with Gasteiger partial charge in [0.05, 0.1) is 0 Å². The van der Waals surface area contributed by atoms with E-state index in [1.807, 2.05) is 12.4 Å². The van der Waals surface area contributed by atoms with Crippen molar-refractivity contribution in [3.8, 4) is 34.4 Å². The fraction of sp³-hybridized carbons (Fsp3) is 0.486. The Labute approximate surface area is 253 Å². The molecule has 5 heteroatoms. The zero-order chi connectivity index (χ0) is 29.7. The van der Waals surface area contributed by atoms with Crippen molar-refractivity contribution in [3.63, 3.8) is 0 Å². The maximum absolute atomic E-state index is 4.91. The van der Waals surface area contributed by atoms with Crippen molar-refractivity contribution in [3.05, 3.63) is 76.6 Å². The SMILES string of the molecule is CCCCCCCCCCCCc1ccc(-c2nc(-c3cc(CC)c(C)cn3)nc(-c3cc(CC)c(C)cn3)n2)cc1. The minimum absolute atomic E-state index is 0.583. The summed E-state index contributed by atoms with van der Waals surface area (Å²) in [4.78, 5) is 24.1. The molecule has 0 N–H and O–H groups in total. The predicted molar refractivity (Wildman–Crippen MR) is 176 cm³/mol. The number of hydrogen-bond donors (Lipinski definition) is 0. The Morgan fingerprint density at radius 1 is 0.524 bits per heavy atom. The van der Waals surface area contributed by atoms with E-state index in [1.165, 1.54) is 92.0 Å². The predicted octanol–water partition coefficient (Wildman–Crippen LogP) is 9.87. The summed E-state index contributed by atoms with van der Waals surface area (Å²) in [5, 5.41) is 0. The lowest BCUT2D eigenvalue weighted by atomic mass is 10.0. The third-order valence-electron chi connectivity index (χ3n) is 8.32. The van der Waals surface area contributed by atoms with Gasteiger partial charge in [0.2, 0.25) is 0 Å². The van der Waals surface area contributed by atoms with E-state index in [2.05, 4.69) is 71.0 Å². The fourth-order valence-corrected chi connectivity index (χ4v) is 5.51. The van der Waals surface area contributed by atoms with E-state index in [9.17, 15) is 0 Å². The second-order valence-electron chi connectivity index (χ2n) is 11.6. The zero-order valence-corrected chi connectivity index (χ0v) is 26.5. The lowest BCUT2D eigenvalue weighted by molar-refractivity contribution is 0.556. The van der Waals surface area contributed by atoms with Crippen LogP contribution in [-0.2, 0) is 19.3 Å². The van der Waals surface area contributed by atoms with E-state index in [1.54, 1.807) is 0 Å². The summed E-state index contributed by atoms with van der Waals surface area (Å²) < 4.78 is 0. The maximum atomic E-state index is 4.91. The first kappa shape index (κ1) is 31.5. The molecule has 0 saturated carbocycles. The molecule has 0 saturated heterocycles. The fourth-order valence-electron chi connectivity index (χ4n) is 5.51. The van der Waals surface area contributed by atoms with Gasteiger partial charge in [0, 0.05) is 18.0 Å². The van der Waals surface area contributed by atoms with Crippen molar-refractivity contribution in [2.75, 3.05) is 0 Å². The lowest BCUT2D eigenvalue weighted by Gasteiger charge is -2.11. The molecule has 0 bridgehead atoms. The second kappa shape index (κ2) is 16.2. The molecule has 0 aliphatic rings. The molecule has 4 aromatic rings. The Hall–Kier alpha value is -3.47. The summed E-state index contributed by atoms with van der Waals surface area (Å²) in [7, 11) is 0. The minimum Gasteiger partial charge on any atom is -0.253 e. The molecular formula is C37H49N5. The van der Waals surface area contributed by atoms with Gasteiger partial charge in [0.25, 0.3) is 0 Å². The van der Waals surface area contributed by atoms with Gasteiger partial charge in [0.15, 0.2) is 17.5 Å². The molecule has 5 nitrogen and oxygen atoms in total. The number of pyridine rings is 2. The van der Waals surface area contributed by atoms with Crippen LogP contribution in [0.5, 0.6) is 0 Å². The van der Waals surface area contributed by atoms with Crippen LogP contribution in [0.25, 0.3) is 34.4 Å². The smallest absolute Gasteiger partial charge is 0.182 e. The van der Waals surface area contributed by atoms with Crippen molar-refractivity contribution in [2.45, 2.75) is 118 Å². The highest BCUT2D eigenvalue weighted by Crippen LogP contribution is 2.26. The van der Waals surface area contributed by atoms with Crippen LogP contribution in [0.3, 0.4) is 0 Å². The highest BCUT2D eigenvalue weighted by molar-refractivity contribution is 5.64. The highest BCUT2D eigenvalue weighted by atomic mass is 15.1. The van der Waals surface area contributed by atoms with E-state index in [-0.39, 0.29) is 0 Å². The van der Waals surface area contributed by atoms with Crippen LogP contribution in [0.4, 0.5) is 0 Å². The monoisotopic (exact) mass is 563 g/mol. The summed E-state index contributed by atoms with van der Waals surface area (Å²) in [5.74, 6) is 1.82. The normalized spacial score (nSPS) is 11.3. The first-order valence-electron chi connectivity index (χ1n) is 16.3. The number of hydrogen-bond acceptors (Lipinski definition) is 5. The van der Waals surface area contributed by atoms with Crippen LogP contribution >= 0.6 is 0 Å². The average Bonchev–Trinajstić information content (AvgIpc) is 3.02. The van der Waals surface area contributed by atoms with Gasteiger partial charge in [-0.3, -0.25) is 9.97 Å². The number of aromatic nitrogens is 5. The Morgan fingerprint density at radius 2 is 0.976 bits per heavy atom. The van der Waals surface area contributed by atoms with Gasteiger partial charge >= 0.3 is 0 Å². The largest absolute Gasteiger partial charge is 0.253 e. The number of nitrogens with zero attached hydrogens (tertiary/aromatic N) is 5. The summed E-state index contributed by atoms with van der Waals surface area (Å²) in [5.41, 5.74) is 8.75. The molecule has 222 valence electrons. The van der Waals surface area contributed by atoms with Crippen LogP contribution in [-0.4, -0.2) is 24.9 Å². The molecule has 0 aliphatic heterocycles. The van der Waals surface area contributed by atoms with Crippen LogP contribution < -0.4 is 0 Å². The van der Waals surface area contributed by atoms with Crippen LogP contribution in [0.15, 0.2) is 48.8 Å². The van der Waals surface area contributed by atoms with Gasteiger partial charge in [-0.05, 0) is 79.5 Å². The zero-order valence-electron chi connectivity index (χ0n) is 26.5. The van der Waals surface area contributed by atoms with E-state index < -0.39 is 0 Å². The Morgan fingerprint density at radius 3 is 1.45 bits per heavy atom. The molecule has 0 fully saturated rings. The van der Waals surface area contributed by atoms with E-state index in [4.69, 9.17) is 24.9 Å². The molecule has 3 heterocycles. The molecule has 0 amide bonds. The number of rotatable bonds is 16. The third kappa shape index (κ3) is 8.77. The topological polar surface area (TPSA) is 64.5 Å². The van der Waals surface area contributed by atoms with Gasteiger partial charge in [-0.15, -0.1) is 0 Å². The third-order valence-corrected chi connectivity index (χ3v) is 8.32. The second-order valence-corrected chi connectivity index (χ2v) is 11.6. The number of unbranched alkanes of at least 4 members (excludes halogenated alkanes) is 9. The highest BCUT2D eigenvalue weighted by Gasteiger charge is 2.15. The summed E-state index contributed by atoms with van der Waals surface area (Å²) in [6.07, 6.45) is 20.4. The van der Waals surface area contributed by atoms with Crippen molar-refractivity contribution < 1.29 is 0 Å². The minimum atomic E-state index is 0.583. The maximum Gasteiger partial charge on any atom is 0.182 e. The molecule has 4 rings (SSSR count). The van der Waals surface area contributed by atoms with Crippen LogP contribution in [0.2, 0.25) is 0 Å². The Bertz CT molecular complexity index is 1340. The van der Waals surface area contributed by atoms with Gasteiger partial charge < -0.3 is 0 Å². The molecule has 0 spiro atoms. The summed E-state index contributed by atoms with van der Waals surface area (Å²) in [6, 6.07) is 13.0. The van der Waals surface area contributed by atoms with E-state index >= 15 is 0 Å². The first-order chi connectivity index (χ1) is 20.5. The van der Waals surface area contributed by atoms with Crippen molar-refractivity contribution in [1.29, 1.82) is 0 Å². The summed E-state index contributed by atoms with van der Waals surface area (Å²) >= 11 is 0. The van der Waals surface area contributed by atoms with Crippen molar-refractivity contribution in [1.82, 2.24) is 24.9 Å². The molecule has 0 radical (unpaired) electrons. The van der Waals surface area contributed by atoms with Crippen LogP contribution in [0.1, 0.15) is 113 Å². The standard InChI is InChI=1S/C37H49N5/c1-6-9-10-11-12-13-14-15-16-17-18-29-19-21-32(22-20-29)35-40-36(33-23-30(7-2)27(4)25-38-33)42-37(41-35)34-24-31(8-3)28(5)26-39-34/h19-26H,6-18H2,1-5H3. The number of benzene rings is 1. The molecule has 1 aromatic carbocycles. The van der Waals surface area contributed by atoms with Crippen LogP contribution in [0, 0.1) is 13.8 Å². The lowest BCUT2D eigenvalue weighted by Crippen LogP contribution is -2.03. The molecule has 0 unspecified atom stereocenters. The molecular weight excluding hydrogens is 514 g/mol. The molecule has 3 aromatic heterocycles. The van der Waals surface area contributed by atoms with E-state index in [0.717, 1.165) is 36.2 Å². The summed E-state index contributed by atoms with van der Waals surface area (Å²) in [6.45, 7) is 10.8. The van der Waals surface area contributed by atoms with Crippen molar-refractivity contribution in [2.24, 2.45) is 0 Å². The molecule has 42 heavy (non-hydrogen) atoms. The Balaban J connectivity index is 1.49. The van der Waals surface area contributed by atoms with E-state index in [0.29, 0.717) is 17.5 Å². The number of aryl methyl sites for hydroxylation is 5. The average molecular weight is 564 g/mol. The Kier molecular flexibility index (Phi) is 12.2. The molecule has 0 atom stereocenters. The first-order valence-corrected chi connectivity index (χ1v) is 16.3. The van der Waals surface area contributed by atoms with Crippen molar-refractivity contribution >= 4 is 0 Å². The van der Waals surface area contributed by atoms with Gasteiger partial charge in [-0.25, -0.2) is 15.0 Å². The quantitative estimate of drug-likeness (QED) is 0.127. The van der Waals surface area contributed by atoms with Gasteiger partial charge in [-0.2, -0.15) is 0 Å².